The number of aryl methyl sites for hydroxylation is 1. The summed E-state index contributed by atoms with van der Waals surface area (Å²) in [6.45, 7) is 14.3. The Morgan fingerprint density at radius 1 is 1.25 bits per heavy atom. The van der Waals surface area contributed by atoms with E-state index < -0.39 is 0 Å². The van der Waals surface area contributed by atoms with Gasteiger partial charge in [0.2, 0.25) is 0 Å². The SMILES string of the molecule is CCCC(C)N(C)c1ccc(CNC(C)(C)C)c(C)c1. The lowest BCUT2D eigenvalue weighted by Crippen LogP contribution is -2.35. The molecule has 0 bridgehead atoms. The minimum absolute atomic E-state index is 0.164. The third kappa shape index (κ3) is 5.16. The maximum Gasteiger partial charge on any atom is 0.0368 e. The molecule has 20 heavy (non-hydrogen) atoms. The van der Waals surface area contributed by atoms with Crippen molar-refractivity contribution in [3.8, 4) is 0 Å². The molecule has 1 unspecified atom stereocenters. The first-order chi connectivity index (χ1) is 9.24. The largest absolute Gasteiger partial charge is 0.372 e. The second kappa shape index (κ2) is 7.12. The highest BCUT2D eigenvalue weighted by Crippen LogP contribution is 2.21. The van der Waals surface area contributed by atoms with E-state index in [9.17, 15) is 0 Å². The third-order valence-corrected chi connectivity index (χ3v) is 3.91. The van der Waals surface area contributed by atoms with E-state index in [1.165, 1.54) is 29.7 Å². The molecule has 2 nitrogen and oxygen atoms in total. The predicted octanol–water partition coefficient (Wildman–Crippen LogP) is 4.51. The standard InChI is InChI=1S/C18H32N2/c1-8-9-15(3)20(7)17-11-10-16(14(2)12-17)13-19-18(4,5)6/h10-12,15,19H,8-9,13H2,1-7H3. The molecule has 0 spiro atoms. The van der Waals surface area contributed by atoms with Gasteiger partial charge in [0.25, 0.3) is 0 Å². The van der Waals surface area contributed by atoms with Crippen LogP contribution in [0.4, 0.5) is 5.69 Å². The maximum absolute atomic E-state index is 3.56. The van der Waals surface area contributed by atoms with Gasteiger partial charge in [-0.1, -0.05) is 19.4 Å². The lowest BCUT2D eigenvalue weighted by molar-refractivity contribution is 0.424. The van der Waals surface area contributed by atoms with Gasteiger partial charge in [-0.3, -0.25) is 0 Å². The highest BCUT2D eigenvalue weighted by atomic mass is 15.1. The molecule has 0 amide bonds. The van der Waals surface area contributed by atoms with E-state index >= 15 is 0 Å². The van der Waals surface area contributed by atoms with Crippen molar-refractivity contribution in [2.45, 2.75) is 72.5 Å². The van der Waals surface area contributed by atoms with E-state index in [-0.39, 0.29) is 5.54 Å². The Bertz CT molecular complexity index is 418. The van der Waals surface area contributed by atoms with Crippen LogP contribution >= 0.6 is 0 Å². The van der Waals surface area contributed by atoms with Crippen LogP contribution in [0.15, 0.2) is 18.2 Å². The van der Waals surface area contributed by atoms with Crippen LogP contribution in [0.5, 0.6) is 0 Å². The fourth-order valence-corrected chi connectivity index (χ4v) is 2.32. The summed E-state index contributed by atoms with van der Waals surface area (Å²) in [5.41, 5.74) is 4.25. The Morgan fingerprint density at radius 2 is 1.90 bits per heavy atom. The molecular formula is C18H32N2. The summed E-state index contributed by atoms with van der Waals surface area (Å²) in [7, 11) is 2.20. The Kier molecular flexibility index (Phi) is 6.07. The van der Waals surface area contributed by atoms with E-state index in [1.54, 1.807) is 0 Å². The van der Waals surface area contributed by atoms with Crippen molar-refractivity contribution in [1.29, 1.82) is 0 Å². The van der Waals surface area contributed by atoms with Crippen LogP contribution in [0.2, 0.25) is 0 Å². The van der Waals surface area contributed by atoms with Crippen LogP contribution in [-0.2, 0) is 6.54 Å². The molecule has 0 aliphatic rings. The molecule has 0 aromatic heterocycles. The Morgan fingerprint density at radius 3 is 2.40 bits per heavy atom. The van der Waals surface area contributed by atoms with Gasteiger partial charge in [-0.25, -0.2) is 0 Å². The number of hydrogen-bond acceptors (Lipinski definition) is 2. The van der Waals surface area contributed by atoms with E-state index in [0.29, 0.717) is 6.04 Å². The molecule has 1 N–H and O–H groups in total. The van der Waals surface area contributed by atoms with Crippen molar-refractivity contribution in [2.75, 3.05) is 11.9 Å². The normalized spacial score (nSPS) is 13.3. The van der Waals surface area contributed by atoms with Gasteiger partial charge in [0, 0.05) is 30.9 Å². The number of rotatable bonds is 6. The van der Waals surface area contributed by atoms with Gasteiger partial charge >= 0.3 is 0 Å². The van der Waals surface area contributed by atoms with Gasteiger partial charge in [0.1, 0.15) is 0 Å². The summed E-state index contributed by atoms with van der Waals surface area (Å²) < 4.78 is 0. The molecule has 0 aliphatic heterocycles. The second-order valence-corrected chi connectivity index (χ2v) is 6.96. The van der Waals surface area contributed by atoms with Crippen LogP contribution in [0.1, 0.15) is 58.6 Å². The summed E-state index contributed by atoms with van der Waals surface area (Å²) in [5, 5.41) is 3.56. The summed E-state index contributed by atoms with van der Waals surface area (Å²) in [6.07, 6.45) is 2.47. The predicted molar refractivity (Wildman–Crippen MR) is 90.5 cm³/mol. The molecule has 0 saturated heterocycles. The van der Waals surface area contributed by atoms with Crippen molar-refractivity contribution in [3.63, 3.8) is 0 Å². The molecule has 0 radical (unpaired) electrons. The van der Waals surface area contributed by atoms with Gasteiger partial charge < -0.3 is 10.2 Å². The topological polar surface area (TPSA) is 15.3 Å². The van der Waals surface area contributed by atoms with E-state index in [1.807, 2.05) is 0 Å². The molecular weight excluding hydrogens is 244 g/mol. The summed E-state index contributed by atoms with van der Waals surface area (Å²) in [4.78, 5) is 2.39. The van der Waals surface area contributed by atoms with Crippen LogP contribution in [0.3, 0.4) is 0 Å². The van der Waals surface area contributed by atoms with Crippen LogP contribution in [0, 0.1) is 6.92 Å². The fourth-order valence-electron chi connectivity index (χ4n) is 2.32. The van der Waals surface area contributed by atoms with Crippen LogP contribution in [0.25, 0.3) is 0 Å². The zero-order valence-electron chi connectivity index (χ0n) is 14.4. The Labute approximate surface area is 125 Å². The number of nitrogens with zero attached hydrogens (tertiary/aromatic N) is 1. The van der Waals surface area contributed by atoms with Gasteiger partial charge in [-0.15, -0.1) is 0 Å². The fraction of sp³-hybridized carbons (Fsp3) is 0.667. The average Bonchev–Trinajstić information content (AvgIpc) is 2.35. The molecule has 2 heteroatoms. The minimum atomic E-state index is 0.164. The highest BCUT2D eigenvalue weighted by Gasteiger charge is 2.12. The molecule has 0 heterocycles. The summed E-state index contributed by atoms with van der Waals surface area (Å²) in [5.74, 6) is 0. The highest BCUT2D eigenvalue weighted by molar-refractivity contribution is 5.51. The molecule has 0 fully saturated rings. The molecule has 0 saturated carbocycles. The van der Waals surface area contributed by atoms with E-state index in [0.717, 1.165) is 6.54 Å². The van der Waals surface area contributed by atoms with Crippen molar-refractivity contribution in [1.82, 2.24) is 5.32 Å². The second-order valence-electron chi connectivity index (χ2n) is 6.96. The molecule has 1 rings (SSSR count). The van der Waals surface area contributed by atoms with Crippen molar-refractivity contribution >= 4 is 5.69 Å². The van der Waals surface area contributed by atoms with E-state index in [2.05, 4.69) is 77.0 Å². The molecule has 1 atom stereocenters. The first-order valence-corrected chi connectivity index (χ1v) is 7.82. The van der Waals surface area contributed by atoms with Crippen LogP contribution < -0.4 is 10.2 Å². The maximum atomic E-state index is 3.56. The molecule has 0 aliphatic carbocycles. The minimum Gasteiger partial charge on any atom is -0.372 e. The van der Waals surface area contributed by atoms with Crippen molar-refractivity contribution in [2.24, 2.45) is 0 Å². The number of benzene rings is 1. The first kappa shape index (κ1) is 17.0. The number of nitrogens with one attached hydrogen (secondary N) is 1. The molecule has 114 valence electrons. The lowest BCUT2D eigenvalue weighted by atomic mass is 10.0. The number of hydrogen-bond donors (Lipinski definition) is 1. The van der Waals surface area contributed by atoms with E-state index in [4.69, 9.17) is 0 Å². The smallest absolute Gasteiger partial charge is 0.0368 e. The van der Waals surface area contributed by atoms with Crippen LogP contribution in [-0.4, -0.2) is 18.6 Å². The van der Waals surface area contributed by atoms with Crippen molar-refractivity contribution < 1.29 is 0 Å². The number of anilines is 1. The van der Waals surface area contributed by atoms with Gasteiger partial charge in [-0.05, 0) is 64.3 Å². The average molecular weight is 276 g/mol. The molecule has 1 aromatic rings. The molecule has 1 aromatic carbocycles. The summed E-state index contributed by atoms with van der Waals surface area (Å²) in [6, 6.07) is 7.42. The third-order valence-electron chi connectivity index (χ3n) is 3.91. The summed E-state index contributed by atoms with van der Waals surface area (Å²) >= 11 is 0. The monoisotopic (exact) mass is 276 g/mol. The lowest BCUT2D eigenvalue weighted by Gasteiger charge is -2.28. The Hall–Kier alpha value is -1.02. The zero-order chi connectivity index (χ0) is 15.3. The van der Waals surface area contributed by atoms with Crippen molar-refractivity contribution in [3.05, 3.63) is 29.3 Å². The van der Waals surface area contributed by atoms with Gasteiger partial charge in [0.05, 0.1) is 0 Å². The van der Waals surface area contributed by atoms with Gasteiger partial charge in [-0.2, -0.15) is 0 Å². The zero-order valence-corrected chi connectivity index (χ0v) is 14.4. The van der Waals surface area contributed by atoms with Gasteiger partial charge in [0.15, 0.2) is 0 Å². The first-order valence-electron chi connectivity index (χ1n) is 7.82. The Balaban J connectivity index is 2.77. The quantitative estimate of drug-likeness (QED) is 0.822.